The predicted molar refractivity (Wildman–Crippen MR) is 93.1 cm³/mol. The van der Waals surface area contributed by atoms with Gasteiger partial charge in [-0.15, -0.1) is 0 Å². The zero-order valence-corrected chi connectivity index (χ0v) is 13.6. The van der Waals surface area contributed by atoms with Crippen LogP contribution in [0.3, 0.4) is 0 Å². The van der Waals surface area contributed by atoms with E-state index in [1.807, 2.05) is 38.1 Å². The molecule has 0 aliphatic rings. The van der Waals surface area contributed by atoms with Gasteiger partial charge in [0.2, 0.25) is 5.95 Å². The van der Waals surface area contributed by atoms with Gasteiger partial charge in [-0.05, 0) is 38.5 Å². The minimum atomic E-state index is 0.700. The van der Waals surface area contributed by atoms with E-state index in [0.29, 0.717) is 6.54 Å². The normalized spacial score (nSPS) is 12.7. The second-order valence-electron chi connectivity index (χ2n) is 5.18. The van der Waals surface area contributed by atoms with Crippen LogP contribution in [-0.4, -0.2) is 21.1 Å². The number of nitrogens with one attached hydrogen (secondary N) is 1. The third-order valence-electron chi connectivity index (χ3n) is 3.38. The predicted octanol–water partition coefficient (Wildman–Crippen LogP) is 2.22. The van der Waals surface area contributed by atoms with Crippen LogP contribution in [0.4, 0.5) is 5.95 Å². The first-order chi connectivity index (χ1) is 10.7. The van der Waals surface area contributed by atoms with Crippen LogP contribution in [0.25, 0.3) is 12.2 Å². The molecule has 0 amide bonds. The van der Waals surface area contributed by atoms with Crippen LogP contribution in [-0.2, 0) is 6.54 Å². The maximum atomic E-state index is 4.69. The van der Waals surface area contributed by atoms with Gasteiger partial charge in [0.25, 0.3) is 0 Å². The van der Waals surface area contributed by atoms with Crippen LogP contribution in [0.15, 0.2) is 30.9 Å². The van der Waals surface area contributed by atoms with Crippen molar-refractivity contribution in [1.29, 1.82) is 0 Å². The largest absolute Gasteiger partial charge is 0.356 e. The number of allylic oxidation sites excluding steroid dienone is 1. The first-order valence-corrected chi connectivity index (χ1v) is 7.71. The molecule has 0 aliphatic heterocycles. The third-order valence-corrected chi connectivity index (χ3v) is 3.38. The Labute approximate surface area is 131 Å². The number of hydrogen-bond donors (Lipinski definition) is 1. The Bertz CT molecular complexity index is 756. The van der Waals surface area contributed by atoms with Crippen molar-refractivity contribution in [3.63, 3.8) is 0 Å². The molecule has 2 rings (SSSR count). The average molecular weight is 296 g/mol. The molecule has 0 unspecified atom stereocenters. The number of nitrogens with zero attached hydrogens (tertiary/aromatic N) is 3. The van der Waals surface area contributed by atoms with E-state index in [1.54, 1.807) is 6.08 Å². The first kappa shape index (κ1) is 16.0. The summed E-state index contributed by atoms with van der Waals surface area (Å²) in [6.07, 6.45) is 6.84. The Morgan fingerprint density at radius 1 is 1.32 bits per heavy atom. The molecule has 2 heterocycles. The Morgan fingerprint density at radius 2 is 2.14 bits per heavy atom. The van der Waals surface area contributed by atoms with Gasteiger partial charge in [-0.2, -0.15) is 0 Å². The van der Waals surface area contributed by atoms with E-state index < -0.39 is 0 Å². The zero-order valence-electron chi connectivity index (χ0n) is 13.6. The Morgan fingerprint density at radius 3 is 2.77 bits per heavy atom. The van der Waals surface area contributed by atoms with Crippen LogP contribution in [0, 0.1) is 6.92 Å². The number of aromatic nitrogens is 3. The number of anilines is 1. The molecule has 0 fully saturated rings. The summed E-state index contributed by atoms with van der Waals surface area (Å²) in [5, 5.41) is 5.42. The SMILES string of the molecule is C=C/C=c1/nc(NCCC)n(Cc2cccc(C)n2)/c1=C/C. The number of hydrogen-bond acceptors (Lipinski definition) is 3. The van der Waals surface area contributed by atoms with Crippen molar-refractivity contribution < 1.29 is 0 Å². The van der Waals surface area contributed by atoms with Gasteiger partial charge in [-0.1, -0.05) is 31.7 Å². The highest BCUT2D eigenvalue weighted by atomic mass is 15.2. The van der Waals surface area contributed by atoms with Gasteiger partial charge in [-0.3, -0.25) is 4.98 Å². The van der Waals surface area contributed by atoms with Gasteiger partial charge in [0.1, 0.15) is 0 Å². The van der Waals surface area contributed by atoms with E-state index in [4.69, 9.17) is 4.98 Å². The van der Waals surface area contributed by atoms with E-state index >= 15 is 0 Å². The lowest BCUT2D eigenvalue weighted by molar-refractivity contribution is 0.748. The van der Waals surface area contributed by atoms with Gasteiger partial charge in [0.05, 0.1) is 22.9 Å². The molecule has 0 atom stereocenters. The van der Waals surface area contributed by atoms with Gasteiger partial charge < -0.3 is 9.88 Å². The lowest BCUT2D eigenvalue weighted by Gasteiger charge is -2.09. The lowest BCUT2D eigenvalue weighted by atomic mass is 10.3. The van der Waals surface area contributed by atoms with E-state index in [0.717, 1.165) is 41.0 Å². The smallest absolute Gasteiger partial charge is 0.204 e. The monoisotopic (exact) mass is 296 g/mol. The summed E-state index contributed by atoms with van der Waals surface area (Å²) in [7, 11) is 0. The van der Waals surface area contributed by atoms with Gasteiger partial charge in [-0.25, -0.2) is 4.98 Å². The number of imidazole rings is 1. The fraction of sp³-hybridized carbons (Fsp3) is 0.333. The van der Waals surface area contributed by atoms with E-state index in [-0.39, 0.29) is 0 Å². The van der Waals surface area contributed by atoms with Crippen LogP contribution in [0.2, 0.25) is 0 Å². The molecule has 0 radical (unpaired) electrons. The molecule has 0 saturated heterocycles. The average Bonchev–Trinajstić information content (AvgIpc) is 2.82. The molecule has 22 heavy (non-hydrogen) atoms. The van der Waals surface area contributed by atoms with Crippen molar-refractivity contribution in [1.82, 2.24) is 14.5 Å². The molecule has 4 heteroatoms. The summed E-state index contributed by atoms with van der Waals surface area (Å²) >= 11 is 0. The maximum absolute atomic E-state index is 4.69. The van der Waals surface area contributed by atoms with Crippen molar-refractivity contribution in [3.05, 3.63) is 52.9 Å². The molecule has 0 saturated carbocycles. The number of pyridine rings is 1. The molecule has 0 bridgehead atoms. The molecule has 2 aromatic heterocycles. The summed E-state index contributed by atoms with van der Waals surface area (Å²) in [6, 6.07) is 6.10. The van der Waals surface area contributed by atoms with Crippen molar-refractivity contribution >= 4 is 18.1 Å². The van der Waals surface area contributed by atoms with Crippen molar-refractivity contribution in [2.75, 3.05) is 11.9 Å². The van der Waals surface area contributed by atoms with Crippen LogP contribution in [0.1, 0.15) is 31.7 Å². The zero-order chi connectivity index (χ0) is 15.9. The van der Waals surface area contributed by atoms with E-state index in [1.165, 1.54) is 0 Å². The number of rotatable bonds is 6. The molecule has 0 spiro atoms. The van der Waals surface area contributed by atoms with Crippen molar-refractivity contribution in [3.8, 4) is 0 Å². The molecule has 4 nitrogen and oxygen atoms in total. The van der Waals surface area contributed by atoms with Crippen molar-refractivity contribution in [2.24, 2.45) is 0 Å². The summed E-state index contributed by atoms with van der Waals surface area (Å²) in [4.78, 5) is 9.29. The molecule has 0 aliphatic carbocycles. The van der Waals surface area contributed by atoms with Gasteiger partial charge in [0.15, 0.2) is 0 Å². The fourth-order valence-electron chi connectivity index (χ4n) is 2.40. The quantitative estimate of drug-likeness (QED) is 0.889. The summed E-state index contributed by atoms with van der Waals surface area (Å²) < 4.78 is 2.17. The van der Waals surface area contributed by atoms with Crippen molar-refractivity contribution in [2.45, 2.75) is 33.7 Å². The van der Waals surface area contributed by atoms with E-state index in [2.05, 4.69) is 34.4 Å². The maximum Gasteiger partial charge on any atom is 0.204 e. The number of aryl methyl sites for hydroxylation is 1. The van der Waals surface area contributed by atoms with E-state index in [9.17, 15) is 0 Å². The topological polar surface area (TPSA) is 42.7 Å². The highest BCUT2D eigenvalue weighted by Gasteiger charge is 2.08. The summed E-state index contributed by atoms with van der Waals surface area (Å²) in [6.45, 7) is 11.6. The molecule has 0 aromatic carbocycles. The molecule has 2 aromatic rings. The summed E-state index contributed by atoms with van der Waals surface area (Å²) in [5.41, 5.74) is 2.06. The third kappa shape index (κ3) is 3.64. The molecular weight excluding hydrogens is 272 g/mol. The molecule has 1 N–H and O–H groups in total. The highest BCUT2D eigenvalue weighted by molar-refractivity contribution is 5.39. The van der Waals surface area contributed by atoms with Crippen LogP contribution >= 0.6 is 0 Å². The second kappa shape index (κ2) is 7.59. The second-order valence-corrected chi connectivity index (χ2v) is 5.18. The molecular formula is C18H24N4. The first-order valence-electron chi connectivity index (χ1n) is 7.71. The fourth-order valence-corrected chi connectivity index (χ4v) is 2.40. The van der Waals surface area contributed by atoms with Crippen LogP contribution in [0.5, 0.6) is 0 Å². The van der Waals surface area contributed by atoms with Gasteiger partial charge >= 0.3 is 0 Å². The summed E-state index contributed by atoms with van der Waals surface area (Å²) in [5.74, 6) is 0.881. The minimum absolute atomic E-state index is 0.700. The lowest BCUT2D eigenvalue weighted by Crippen LogP contribution is -2.30. The minimum Gasteiger partial charge on any atom is -0.356 e. The Balaban J connectivity index is 2.51. The Kier molecular flexibility index (Phi) is 5.53. The van der Waals surface area contributed by atoms with Gasteiger partial charge in [0, 0.05) is 12.2 Å². The Hall–Kier alpha value is -2.36. The van der Waals surface area contributed by atoms with Crippen LogP contribution < -0.4 is 16.0 Å². The standard InChI is InChI=1S/C18H24N4/c1-5-9-16-17(7-3)22(18(21-16)19-12-6-2)13-15-11-8-10-14(4)20-15/h5,7-11H,1,6,12-13H2,2-4H3,(H,19,21)/b16-9+,17-7+. The molecule has 116 valence electrons. The highest BCUT2D eigenvalue weighted by Crippen LogP contribution is 2.05.